The third kappa shape index (κ3) is 4.41. The van der Waals surface area contributed by atoms with Crippen molar-refractivity contribution >= 4 is 60.9 Å². The van der Waals surface area contributed by atoms with Crippen molar-refractivity contribution in [3.63, 3.8) is 0 Å². The first-order valence-electron chi connectivity index (χ1n) is 18.2. The molecule has 0 radical (unpaired) electrons. The van der Waals surface area contributed by atoms with Crippen LogP contribution in [0.2, 0.25) is 0 Å². The summed E-state index contributed by atoms with van der Waals surface area (Å²) in [4.78, 5) is 2.34. The number of hydrogen-bond acceptors (Lipinski definition) is 3. The van der Waals surface area contributed by atoms with Gasteiger partial charge in [0.2, 0.25) is 0 Å². The molecule has 10 aromatic rings. The largest absolute Gasteiger partial charge is 0.456 e. The molecule has 1 aliphatic rings. The van der Waals surface area contributed by atoms with Gasteiger partial charge in [-0.25, -0.2) is 0 Å². The molecule has 0 saturated carbocycles. The van der Waals surface area contributed by atoms with Crippen LogP contribution in [0.15, 0.2) is 191 Å². The lowest BCUT2D eigenvalue weighted by Crippen LogP contribution is -2.22. The van der Waals surface area contributed by atoms with Gasteiger partial charge in [0.1, 0.15) is 22.3 Å². The third-order valence-electron chi connectivity index (χ3n) is 11.4. The Morgan fingerprint density at radius 3 is 1.81 bits per heavy atom. The van der Waals surface area contributed by atoms with E-state index in [1.54, 1.807) is 0 Å². The minimum Gasteiger partial charge on any atom is -0.456 e. The number of furan rings is 2. The van der Waals surface area contributed by atoms with Crippen molar-refractivity contribution in [2.75, 3.05) is 4.90 Å². The number of benzene rings is 8. The van der Waals surface area contributed by atoms with Gasteiger partial charge < -0.3 is 13.7 Å². The second-order valence-corrected chi connectivity index (χ2v) is 14.2. The highest BCUT2D eigenvalue weighted by molar-refractivity contribution is 6.14. The average Bonchev–Trinajstić information content (AvgIpc) is 3.87. The molecule has 3 nitrogen and oxygen atoms in total. The van der Waals surface area contributed by atoms with Gasteiger partial charge in [-0.15, -0.1) is 0 Å². The highest BCUT2D eigenvalue weighted by atomic mass is 16.3. The van der Waals surface area contributed by atoms with Crippen molar-refractivity contribution in [1.82, 2.24) is 0 Å². The van der Waals surface area contributed by atoms with Crippen molar-refractivity contribution in [2.24, 2.45) is 0 Å². The van der Waals surface area contributed by atoms with Gasteiger partial charge in [0.25, 0.3) is 0 Å². The molecule has 1 aliphatic carbocycles. The van der Waals surface area contributed by atoms with E-state index in [1.165, 1.54) is 38.9 Å². The van der Waals surface area contributed by atoms with Crippen LogP contribution in [-0.4, -0.2) is 0 Å². The molecule has 0 N–H and O–H groups in total. The first-order valence-corrected chi connectivity index (χ1v) is 18.2. The van der Waals surface area contributed by atoms with Crippen LogP contribution in [0.5, 0.6) is 0 Å². The number of hydrogen-bond donors (Lipinski definition) is 0. The van der Waals surface area contributed by atoms with E-state index < -0.39 is 0 Å². The van der Waals surface area contributed by atoms with Crippen LogP contribution in [0.3, 0.4) is 0 Å². The zero-order valence-corrected chi connectivity index (χ0v) is 29.1. The van der Waals surface area contributed by atoms with E-state index in [2.05, 4.69) is 182 Å². The lowest BCUT2D eigenvalue weighted by molar-refractivity contribution is 0.667. The second kappa shape index (κ2) is 11.3. The van der Waals surface area contributed by atoms with E-state index in [4.69, 9.17) is 8.83 Å². The summed E-state index contributed by atoms with van der Waals surface area (Å²) in [5.74, 6) is 0. The topological polar surface area (TPSA) is 29.5 Å². The number of nitrogens with zero attached hydrogens (tertiary/aromatic N) is 1. The molecule has 0 amide bonds. The maximum Gasteiger partial charge on any atom is 0.137 e. The van der Waals surface area contributed by atoms with Crippen LogP contribution in [-0.2, 0) is 5.41 Å². The van der Waals surface area contributed by atoms with Crippen LogP contribution in [0.25, 0.3) is 66.1 Å². The normalized spacial score (nSPS) is 13.2. The Kier molecular flexibility index (Phi) is 6.38. The summed E-state index contributed by atoms with van der Waals surface area (Å²) in [6.07, 6.45) is 0. The van der Waals surface area contributed by atoms with Crippen LogP contribution in [0.4, 0.5) is 17.1 Å². The van der Waals surface area contributed by atoms with Crippen molar-refractivity contribution in [3.05, 3.63) is 199 Å². The Morgan fingerprint density at radius 1 is 0.415 bits per heavy atom. The molecule has 0 aliphatic heterocycles. The Labute approximate surface area is 307 Å². The van der Waals surface area contributed by atoms with Crippen LogP contribution in [0.1, 0.15) is 23.6 Å². The van der Waals surface area contributed by atoms with E-state index in [1.807, 2.05) is 12.1 Å². The zero-order valence-electron chi connectivity index (χ0n) is 29.1. The average molecular weight is 680 g/mol. The van der Waals surface area contributed by atoms with Crippen LogP contribution in [0, 0.1) is 0 Å². The van der Waals surface area contributed by atoms with Crippen LogP contribution >= 0.6 is 0 Å². The molecule has 53 heavy (non-hydrogen) atoms. The quantitative estimate of drug-likeness (QED) is 0.181. The second-order valence-electron chi connectivity index (χ2n) is 14.2. The molecule has 2 aromatic heterocycles. The number of anilines is 3. The molecule has 2 heterocycles. The predicted octanol–water partition coefficient (Wildman–Crippen LogP) is 14.0. The molecule has 8 aromatic carbocycles. The molecule has 0 unspecified atom stereocenters. The van der Waals surface area contributed by atoms with Gasteiger partial charge in [-0.3, -0.25) is 0 Å². The van der Waals surface area contributed by atoms with Gasteiger partial charge in [0, 0.05) is 39.0 Å². The predicted molar refractivity (Wildman–Crippen MR) is 219 cm³/mol. The van der Waals surface area contributed by atoms with E-state index in [9.17, 15) is 0 Å². The van der Waals surface area contributed by atoms with Crippen LogP contribution < -0.4 is 4.90 Å². The lowest BCUT2D eigenvalue weighted by Gasteiger charge is -2.28. The summed E-state index contributed by atoms with van der Waals surface area (Å²) in [5.41, 5.74) is 15.1. The molecular weight excluding hydrogens is 647 g/mol. The molecule has 3 heteroatoms. The Morgan fingerprint density at radius 2 is 1.02 bits per heavy atom. The molecule has 0 spiro atoms. The SMILES string of the molecule is CC1(c2ccc3oc4cccc(N(c5ccc(-c6ccccc6)cc5)c5ccc6c(c5)oc5ccccc56)c4c3c2)c2ccccc2-c2ccccc21. The van der Waals surface area contributed by atoms with E-state index in [0.29, 0.717) is 0 Å². The Bertz CT molecular complexity index is 2980. The van der Waals surface area contributed by atoms with Gasteiger partial charge >= 0.3 is 0 Å². The Hall–Kier alpha value is -6.84. The van der Waals surface area contributed by atoms with Gasteiger partial charge in [-0.1, -0.05) is 121 Å². The highest BCUT2D eigenvalue weighted by Crippen LogP contribution is 2.53. The minimum atomic E-state index is -0.320. The first-order chi connectivity index (χ1) is 26.1. The van der Waals surface area contributed by atoms with Gasteiger partial charge in [-0.2, -0.15) is 0 Å². The zero-order chi connectivity index (χ0) is 35.1. The number of fused-ring (bicyclic) bond motifs is 9. The molecule has 250 valence electrons. The van der Waals surface area contributed by atoms with Gasteiger partial charge in [0.15, 0.2) is 0 Å². The standard InChI is InChI=1S/C50H33NO2/c1-50(42-17-8-5-14-37(42)38-15-6-9-18-43(38)50)34-24-29-46-41(30-34)49-44(19-11-21-47(49)52-46)51(35-25-22-33(23-26-35)32-12-3-2-4-13-32)36-27-28-40-39-16-7-10-20-45(39)53-48(40)31-36/h2-31H,1H3. The molecule has 0 bridgehead atoms. The van der Waals surface area contributed by atoms with E-state index >= 15 is 0 Å². The maximum absolute atomic E-state index is 6.65. The lowest BCUT2D eigenvalue weighted by atomic mass is 9.74. The maximum atomic E-state index is 6.65. The summed E-state index contributed by atoms with van der Waals surface area (Å²) in [6, 6.07) is 65.0. The molecule has 11 rings (SSSR count). The number of para-hydroxylation sites is 1. The summed E-state index contributed by atoms with van der Waals surface area (Å²) < 4.78 is 13.1. The summed E-state index contributed by atoms with van der Waals surface area (Å²) >= 11 is 0. The first kappa shape index (κ1) is 29.8. The molecule has 0 atom stereocenters. The minimum absolute atomic E-state index is 0.320. The highest BCUT2D eigenvalue weighted by Gasteiger charge is 2.40. The molecular formula is C50H33NO2. The van der Waals surface area contributed by atoms with Crippen molar-refractivity contribution in [1.29, 1.82) is 0 Å². The monoisotopic (exact) mass is 679 g/mol. The summed E-state index contributed by atoms with van der Waals surface area (Å²) in [6.45, 7) is 2.37. The summed E-state index contributed by atoms with van der Waals surface area (Å²) in [7, 11) is 0. The Balaban J connectivity index is 1.14. The van der Waals surface area contributed by atoms with Crippen molar-refractivity contribution in [2.45, 2.75) is 12.3 Å². The fraction of sp³-hybridized carbons (Fsp3) is 0.0400. The smallest absolute Gasteiger partial charge is 0.137 e. The fourth-order valence-electron chi connectivity index (χ4n) is 8.78. The third-order valence-corrected chi connectivity index (χ3v) is 11.4. The van der Waals surface area contributed by atoms with Gasteiger partial charge in [0.05, 0.1) is 11.1 Å². The summed E-state index contributed by atoms with van der Waals surface area (Å²) in [5, 5.41) is 4.38. The van der Waals surface area contributed by atoms with Crippen molar-refractivity contribution in [3.8, 4) is 22.3 Å². The molecule has 0 saturated heterocycles. The number of rotatable bonds is 5. The molecule has 0 fully saturated rings. The van der Waals surface area contributed by atoms with E-state index in [0.717, 1.165) is 60.9 Å². The van der Waals surface area contributed by atoms with Gasteiger partial charge in [-0.05, 0) is 100 Å². The fourth-order valence-corrected chi connectivity index (χ4v) is 8.78. The van der Waals surface area contributed by atoms with E-state index in [-0.39, 0.29) is 5.41 Å². The van der Waals surface area contributed by atoms with Crippen molar-refractivity contribution < 1.29 is 8.83 Å².